The first-order valence-corrected chi connectivity index (χ1v) is 8.27. The predicted octanol–water partition coefficient (Wildman–Crippen LogP) is 1.80. The van der Waals surface area contributed by atoms with E-state index in [4.69, 9.17) is 9.47 Å². The minimum Gasteiger partial charge on any atom is -0.467 e. The van der Waals surface area contributed by atoms with Crippen molar-refractivity contribution in [2.45, 2.75) is 19.6 Å². The van der Waals surface area contributed by atoms with Crippen LogP contribution in [0.1, 0.15) is 11.1 Å². The van der Waals surface area contributed by atoms with Crippen molar-refractivity contribution in [1.82, 2.24) is 20.3 Å². The van der Waals surface area contributed by atoms with Gasteiger partial charge in [-0.25, -0.2) is 9.07 Å². The minimum absolute atomic E-state index is 0.0755. The standard InChI is InChI=1S/C18H17FN4O3/c19-14-7-12(18-13(8-14)10-25-11-26-18)5-6-20-17(24)9-23-16-4-2-1-3-15(16)21-22-23/h1-4,7-8H,5-6,9-11H2,(H,20,24). The van der Waals surface area contributed by atoms with Crippen LogP contribution in [-0.2, 0) is 29.1 Å². The predicted molar refractivity (Wildman–Crippen MR) is 90.9 cm³/mol. The zero-order valence-electron chi connectivity index (χ0n) is 13.9. The zero-order valence-corrected chi connectivity index (χ0v) is 13.9. The minimum atomic E-state index is -0.340. The molecule has 1 aromatic heterocycles. The average Bonchev–Trinajstić information content (AvgIpc) is 3.04. The summed E-state index contributed by atoms with van der Waals surface area (Å²) < 4.78 is 25.9. The molecule has 0 unspecified atom stereocenters. The number of halogens is 1. The number of carbonyl (C=O) groups is 1. The van der Waals surface area contributed by atoms with E-state index in [1.165, 1.54) is 12.1 Å². The Bertz CT molecular complexity index is 957. The molecule has 0 fully saturated rings. The van der Waals surface area contributed by atoms with E-state index in [0.717, 1.165) is 16.6 Å². The lowest BCUT2D eigenvalue weighted by Gasteiger charge is -2.21. The fraction of sp³-hybridized carbons (Fsp3) is 0.278. The third-order valence-electron chi connectivity index (χ3n) is 4.18. The maximum absolute atomic E-state index is 13.7. The van der Waals surface area contributed by atoms with Gasteiger partial charge in [-0.15, -0.1) is 5.10 Å². The van der Waals surface area contributed by atoms with Gasteiger partial charge in [0.05, 0.1) is 12.1 Å². The number of fused-ring (bicyclic) bond motifs is 2. The van der Waals surface area contributed by atoms with Crippen LogP contribution in [-0.4, -0.2) is 34.2 Å². The highest BCUT2D eigenvalue weighted by atomic mass is 19.1. The summed E-state index contributed by atoms with van der Waals surface area (Å²) in [6, 6.07) is 10.3. The third kappa shape index (κ3) is 3.36. The first-order chi connectivity index (χ1) is 12.7. The van der Waals surface area contributed by atoms with Crippen LogP contribution in [0.5, 0.6) is 5.75 Å². The van der Waals surface area contributed by atoms with Crippen LogP contribution in [0.2, 0.25) is 0 Å². The number of benzene rings is 2. The molecule has 8 heteroatoms. The van der Waals surface area contributed by atoms with Crippen LogP contribution >= 0.6 is 0 Å². The Morgan fingerprint density at radius 2 is 2.19 bits per heavy atom. The Labute approximate surface area is 148 Å². The van der Waals surface area contributed by atoms with E-state index < -0.39 is 0 Å². The van der Waals surface area contributed by atoms with Crippen molar-refractivity contribution in [2.24, 2.45) is 0 Å². The Hall–Kier alpha value is -3.00. The van der Waals surface area contributed by atoms with Crippen molar-refractivity contribution in [2.75, 3.05) is 13.3 Å². The molecule has 134 valence electrons. The summed E-state index contributed by atoms with van der Waals surface area (Å²) in [6.45, 7) is 0.918. The van der Waals surface area contributed by atoms with Crippen LogP contribution in [0.25, 0.3) is 11.0 Å². The van der Waals surface area contributed by atoms with Crippen molar-refractivity contribution in [1.29, 1.82) is 0 Å². The molecule has 1 aliphatic rings. The molecule has 1 aliphatic heterocycles. The van der Waals surface area contributed by atoms with Gasteiger partial charge in [-0.3, -0.25) is 4.79 Å². The monoisotopic (exact) mass is 356 g/mol. The van der Waals surface area contributed by atoms with Gasteiger partial charge in [0.25, 0.3) is 0 Å². The molecule has 0 saturated carbocycles. The van der Waals surface area contributed by atoms with E-state index in [1.807, 2.05) is 24.3 Å². The van der Waals surface area contributed by atoms with Gasteiger partial charge in [-0.2, -0.15) is 0 Å². The second-order valence-electron chi connectivity index (χ2n) is 6.00. The van der Waals surface area contributed by atoms with Crippen molar-refractivity contribution >= 4 is 16.9 Å². The fourth-order valence-electron chi connectivity index (χ4n) is 3.01. The molecule has 0 saturated heterocycles. The molecule has 2 aromatic carbocycles. The molecule has 0 radical (unpaired) electrons. The molecular weight excluding hydrogens is 339 g/mol. The first kappa shape index (κ1) is 16.5. The molecule has 4 rings (SSSR count). The molecule has 3 aromatic rings. The van der Waals surface area contributed by atoms with Gasteiger partial charge in [-0.05, 0) is 36.2 Å². The maximum Gasteiger partial charge on any atom is 0.241 e. The van der Waals surface area contributed by atoms with Gasteiger partial charge in [0.1, 0.15) is 23.6 Å². The summed E-state index contributed by atoms with van der Waals surface area (Å²) >= 11 is 0. The first-order valence-electron chi connectivity index (χ1n) is 8.27. The van der Waals surface area contributed by atoms with Crippen molar-refractivity contribution in [3.05, 3.63) is 53.3 Å². The summed E-state index contributed by atoms with van der Waals surface area (Å²) in [6.07, 6.45) is 0.462. The van der Waals surface area contributed by atoms with E-state index in [0.29, 0.717) is 30.9 Å². The molecule has 2 heterocycles. The quantitative estimate of drug-likeness (QED) is 0.754. The lowest BCUT2D eigenvalue weighted by atomic mass is 10.1. The summed E-state index contributed by atoms with van der Waals surface area (Å²) in [5.74, 6) is 0.123. The summed E-state index contributed by atoms with van der Waals surface area (Å²) in [7, 11) is 0. The number of ether oxygens (including phenoxy) is 2. The number of carbonyl (C=O) groups excluding carboxylic acids is 1. The van der Waals surface area contributed by atoms with Crippen LogP contribution in [0.15, 0.2) is 36.4 Å². The number of hydrogen-bond donors (Lipinski definition) is 1. The number of amides is 1. The highest BCUT2D eigenvalue weighted by Crippen LogP contribution is 2.29. The lowest BCUT2D eigenvalue weighted by Crippen LogP contribution is -2.30. The molecule has 0 atom stereocenters. The molecule has 0 bridgehead atoms. The Morgan fingerprint density at radius 1 is 1.31 bits per heavy atom. The fourth-order valence-corrected chi connectivity index (χ4v) is 3.01. The van der Waals surface area contributed by atoms with E-state index in [9.17, 15) is 9.18 Å². The normalized spacial score (nSPS) is 13.3. The average molecular weight is 356 g/mol. The molecule has 7 nitrogen and oxygen atoms in total. The lowest BCUT2D eigenvalue weighted by molar-refractivity contribution is -0.121. The van der Waals surface area contributed by atoms with Gasteiger partial charge in [-0.1, -0.05) is 17.3 Å². The van der Waals surface area contributed by atoms with Crippen LogP contribution in [0.3, 0.4) is 0 Å². The third-order valence-corrected chi connectivity index (χ3v) is 4.18. The Balaban J connectivity index is 1.38. The molecular formula is C18H17FN4O3. The number of para-hydroxylation sites is 1. The Morgan fingerprint density at radius 3 is 3.12 bits per heavy atom. The van der Waals surface area contributed by atoms with Gasteiger partial charge in [0.15, 0.2) is 6.79 Å². The molecule has 1 N–H and O–H groups in total. The zero-order chi connectivity index (χ0) is 17.9. The van der Waals surface area contributed by atoms with E-state index in [1.54, 1.807) is 4.68 Å². The van der Waals surface area contributed by atoms with Gasteiger partial charge >= 0.3 is 0 Å². The van der Waals surface area contributed by atoms with E-state index >= 15 is 0 Å². The second kappa shape index (κ2) is 7.09. The highest BCUT2D eigenvalue weighted by Gasteiger charge is 2.17. The van der Waals surface area contributed by atoms with Crippen molar-refractivity contribution in [3.8, 4) is 5.75 Å². The Kier molecular flexibility index (Phi) is 4.49. The van der Waals surface area contributed by atoms with E-state index in [-0.39, 0.29) is 25.1 Å². The van der Waals surface area contributed by atoms with E-state index in [2.05, 4.69) is 15.6 Å². The topological polar surface area (TPSA) is 78.3 Å². The van der Waals surface area contributed by atoms with Crippen molar-refractivity contribution < 1.29 is 18.7 Å². The van der Waals surface area contributed by atoms with Gasteiger partial charge < -0.3 is 14.8 Å². The summed E-state index contributed by atoms with van der Waals surface area (Å²) in [4.78, 5) is 12.2. The number of aromatic nitrogens is 3. The maximum atomic E-state index is 13.7. The van der Waals surface area contributed by atoms with Gasteiger partial charge in [0.2, 0.25) is 5.91 Å². The van der Waals surface area contributed by atoms with Gasteiger partial charge in [0, 0.05) is 12.1 Å². The largest absolute Gasteiger partial charge is 0.467 e. The number of nitrogens with one attached hydrogen (secondary N) is 1. The van der Waals surface area contributed by atoms with Crippen molar-refractivity contribution in [3.63, 3.8) is 0 Å². The van der Waals surface area contributed by atoms with Crippen LogP contribution in [0, 0.1) is 5.82 Å². The van der Waals surface area contributed by atoms with Crippen LogP contribution < -0.4 is 10.1 Å². The SMILES string of the molecule is O=C(Cn1nnc2ccccc21)NCCc1cc(F)cc2c1OCOC2. The van der Waals surface area contributed by atoms with Crippen LogP contribution in [0.4, 0.5) is 4.39 Å². The summed E-state index contributed by atoms with van der Waals surface area (Å²) in [5, 5.41) is 10.8. The number of nitrogens with zero attached hydrogens (tertiary/aromatic N) is 3. The molecule has 1 amide bonds. The summed E-state index contributed by atoms with van der Waals surface area (Å²) in [5.41, 5.74) is 2.95. The molecule has 0 aliphatic carbocycles. The number of hydrogen-bond acceptors (Lipinski definition) is 5. The highest BCUT2D eigenvalue weighted by molar-refractivity contribution is 5.79. The number of rotatable bonds is 5. The second-order valence-corrected chi connectivity index (χ2v) is 6.00. The smallest absolute Gasteiger partial charge is 0.241 e. The molecule has 26 heavy (non-hydrogen) atoms. The molecule has 0 spiro atoms.